The van der Waals surface area contributed by atoms with Crippen LogP contribution in [0.4, 0.5) is 11.9 Å². The minimum Gasteiger partial charge on any atom is -0.491 e. The summed E-state index contributed by atoms with van der Waals surface area (Å²) in [5.74, 6) is -1.54. The third-order valence-corrected chi connectivity index (χ3v) is 10.1. The summed E-state index contributed by atoms with van der Waals surface area (Å²) in [5.41, 5.74) is 9.49. The van der Waals surface area contributed by atoms with E-state index in [-0.39, 0.29) is 47.5 Å². The van der Waals surface area contributed by atoms with Crippen LogP contribution in [0.5, 0.6) is 11.5 Å². The fraction of sp³-hybridized carbons (Fsp3) is 0.368. The molecular weight excluding hydrogens is 785 g/mol. The first-order chi connectivity index (χ1) is 28.1. The van der Waals surface area contributed by atoms with Gasteiger partial charge in [-0.3, -0.25) is 39.2 Å². The third-order valence-electron chi connectivity index (χ3n) is 9.57. The molecule has 4 aromatic heterocycles. The number of amides is 4. The van der Waals surface area contributed by atoms with E-state index in [1.165, 1.54) is 18.2 Å². The van der Waals surface area contributed by atoms with E-state index in [2.05, 4.69) is 20.8 Å². The van der Waals surface area contributed by atoms with Gasteiger partial charge in [0, 0.05) is 43.7 Å². The fourth-order valence-electron chi connectivity index (χ4n) is 7.04. The Kier molecular flexibility index (Phi) is 11.1. The second-order valence-corrected chi connectivity index (χ2v) is 15.8. The van der Waals surface area contributed by atoms with Gasteiger partial charge in [0.1, 0.15) is 33.9 Å². The van der Waals surface area contributed by atoms with E-state index in [4.69, 9.17) is 25.2 Å². The molecule has 0 saturated carbocycles. The molecule has 1 aliphatic rings. The Balaban J connectivity index is 1.30. The van der Waals surface area contributed by atoms with E-state index in [1.807, 2.05) is 23.1 Å². The Bertz CT molecular complexity index is 2760. The highest BCUT2D eigenvalue weighted by molar-refractivity contribution is 7.89. The lowest BCUT2D eigenvalue weighted by Crippen LogP contribution is -2.29. The number of nitrogens with two attached hydrogens (primary N) is 1. The number of rotatable bonds is 9. The van der Waals surface area contributed by atoms with Crippen molar-refractivity contribution in [1.82, 2.24) is 43.4 Å². The molecular formula is C38H44N12O8S. The monoisotopic (exact) mass is 828 g/mol. The van der Waals surface area contributed by atoms with E-state index in [1.54, 1.807) is 46.0 Å². The van der Waals surface area contributed by atoms with E-state index in [9.17, 15) is 27.6 Å². The van der Waals surface area contributed by atoms with Gasteiger partial charge in [0.05, 0.1) is 41.9 Å². The molecule has 4 amide bonds. The number of carbonyl (C=O) groups is 4. The van der Waals surface area contributed by atoms with Crippen molar-refractivity contribution in [1.29, 1.82) is 0 Å². The molecule has 0 saturated heterocycles. The summed E-state index contributed by atoms with van der Waals surface area (Å²) in [6.45, 7) is 9.05. The number of anilines is 2. The highest BCUT2D eigenvalue weighted by Crippen LogP contribution is 2.34. The quantitative estimate of drug-likeness (QED) is 0.164. The second kappa shape index (κ2) is 16.2. The predicted molar refractivity (Wildman–Crippen MR) is 216 cm³/mol. The van der Waals surface area contributed by atoms with Gasteiger partial charge in [-0.05, 0) is 76.9 Å². The Morgan fingerprint density at radius 1 is 0.695 bits per heavy atom. The number of aryl methyl sites for hydroxylation is 6. The summed E-state index contributed by atoms with van der Waals surface area (Å²) in [6, 6.07) is 9.30. The number of imidazole rings is 2. The highest BCUT2D eigenvalue weighted by atomic mass is 32.2. The summed E-state index contributed by atoms with van der Waals surface area (Å²) in [5, 5.41) is 14.6. The first-order valence-electron chi connectivity index (χ1n) is 19.0. The number of sulfonamides is 1. The van der Waals surface area contributed by atoms with Crippen LogP contribution in [0.3, 0.4) is 0 Å². The highest BCUT2D eigenvalue weighted by Gasteiger charge is 2.25. The molecule has 2 aromatic carbocycles. The number of primary amides is 1. The van der Waals surface area contributed by atoms with Gasteiger partial charge in [0.25, 0.3) is 17.7 Å². The summed E-state index contributed by atoms with van der Waals surface area (Å²) >= 11 is 0. The minimum absolute atomic E-state index is 0.0291. The van der Waals surface area contributed by atoms with Crippen LogP contribution in [0.2, 0.25) is 0 Å². The maximum atomic E-state index is 13.7. The lowest BCUT2D eigenvalue weighted by molar-refractivity contribution is 0.0976. The van der Waals surface area contributed by atoms with Crippen LogP contribution >= 0.6 is 0 Å². The molecule has 0 radical (unpaired) electrons. The van der Waals surface area contributed by atoms with E-state index >= 15 is 0 Å². The van der Waals surface area contributed by atoms with Gasteiger partial charge < -0.3 is 24.3 Å². The number of benzene rings is 2. The standard InChI is InChI=1S/C38H44N12O8S/c1-6-49-27(15-21(3)44-49)35(53)42-37-40-25-17-23(33(39)51)19-29-31(25)47(37)11-8-9-12-48-32-26(41-38(48)43-36(54)28-16-22(4)45-50(28)7-2)18-24(34(52)46-59(5,55)56)20-30(32)58-14-10-13-57-29/h15-20H,6-14H2,1-5H3,(H2,39,51)(H,46,52)(H,40,42,53)(H,41,43,54). The number of ether oxygens (including phenoxy) is 2. The van der Waals surface area contributed by atoms with Crippen LogP contribution in [0.15, 0.2) is 36.4 Å². The first kappa shape index (κ1) is 40.4. The van der Waals surface area contributed by atoms with Gasteiger partial charge in [-0.2, -0.15) is 10.2 Å². The summed E-state index contributed by atoms with van der Waals surface area (Å²) in [4.78, 5) is 62.4. The minimum atomic E-state index is -3.91. The van der Waals surface area contributed by atoms with Gasteiger partial charge >= 0.3 is 0 Å². The van der Waals surface area contributed by atoms with Crippen LogP contribution in [0, 0.1) is 13.8 Å². The molecule has 5 heterocycles. The molecule has 1 aliphatic heterocycles. The molecule has 6 aromatic rings. The normalized spacial score (nSPS) is 13.6. The largest absolute Gasteiger partial charge is 0.491 e. The van der Waals surface area contributed by atoms with Crippen LogP contribution in [-0.2, 0) is 36.2 Å². The molecule has 0 aliphatic carbocycles. The zero-order valence-corrected chi connectivity index (χ0v) is 34.0. The number of carbonyl (C=O) groups excluding carboxylic acids is 4. The number of aromatic nitrogens is 8. The van der Waals surface area contributed by atoms with Crippen molar-refractivity contribution in [2.45, 2.75) is 73.1 Å². The number of hydrogen-bond donors (Lipinski definition) is 4. The Labute approximate surface area is 338 Å². The molecule has 0 unspecified atom stereocenters. The number of nitrogens with one attached hydrogen (secondary N) is 3. The molecule has 0 fully saturated rings. The fourth-order valence-corrected chi connectivity index (χ4v) is 7.49. The molecule has 0 bridgehead atoms. The maximum Gasteiger partial charge on any atom is 0.276 e. The number of hydrogen-bond acceptors (Lipinski definition) is 12. The van der Waals surface area contributed by atoms with Crippen LogP contribution in [0.25, 0.3) is 22.1 Å². The molecule has 0 spiro atoms. The summed E-state index contributed by atoms with van der Waals surface area (Å²) in [6.07, 6.45) is 2.16. The van der Waals surface area contributed by atoms with Crippen molar-refractivity contribution in [3.8, 4) is 11.5 Å². The topological polar surface area (TPSA) is 254 Å². The van der Waals surface area contributed by atoms with E-state index < -0.39 is 33.7 Å². The van der Waals surface area contributed by atoms with E-state index in [0.717, 1.165) is 6.26 Å². The summed E-state index contributed by atoms with van der Waals surface area (Å²) in [7, 11) is -3.91. The molecule has 21 heteroatoms. The summed E-state index contributed by atoms with van der Waals surface area (Å²) < 4.78 is 45.3. The van der Waals surface area contributed by atoms with Crippen molar-refractivity contribution in [3.63, 3.8) is 0 Å². The molecule has 310 valence electrons. The third kappa shape index (κ3) is 8.45. The van der Waals surface area contributed by atoms with Gasteiger partial charge in [-0.1, -0.05) is 0 Å². The van der Waals surface area contributed by atoms with Gasteiger partial charge in [-0.15, -0.1) is 0 Å². The van der Waals surface area contributed by atoms with Crippen molar-refractivity contribution in [3.05, 3.63) is 70.3 Å². The maximum absolute atomic E-state index is 13.7. The zero-order chi connectivity index (χ0) is 42.2. The van der Waals surface area contributed by atoms with Crippen molar-refractivity contribution < 1.29 is 37.1 Å². The zero-order valence-electron chi connectivity index (χ0n) is 33.2. The van der Waals surface area contributed by atoms with E-state index in [0.29, 0.717) is 90.5 Å². The Morgan fingerprint density at radius 3 is 1.59 bits per heavy atom. The molecule has 5 N–H and O–H groups in total. The molecule has 20 nitrogen and oxygen atoms in total. The Hall–Kier alpha value is -6.77. The van der Waals surface area contributed by atoms with Crippen LogP contribution in [-0.4, -0.2) is 90.2 Å². The molecule has 0 atom stereocenters. The molecule has 7 rings (SSSR count). The van der Waals surface area contributed by atoms with Gasteiger partial charge in [-0.25, -0.2) is 23.1 Å². The van der Waals surface area contributed by atoms with Crippen LogP contribution in [0.1, 0.15) is 86.2 Å². The van der Waals surface area contributed by atoms with Crippen LogP contribution < -0.4 is 30.6 Å². The van der Waals surface area contributed by atoms with Gasteiger partial charge in [0.2, 0.25) is 27.8 Å². The van der Waals surface area contributed by atoms with Crippen molar-refractivity contribution in [2.24, 2.45) is 5.73 Å². The van der Waals surface area contributed by atoms with Gasteiger partial charge in [0.15, 0.2) is 0 Å². The molecule has 59 heavy (non-hydrogen) atoms. The van der Waals surface area contributed by atoms with Crippen molar-refractivity contribution in [2.75, 3.05) is 30.1 Å². The first-order valence-corrected chi connectivity index (χ1v) is 20.9. The average molecular weight is 829 g/mol. The SMILES string of the molecule is CCn1nc(C)cc1C(=O)Nc1nc2cc(C(N)=O)cc3c2n1CCCCn1c(NC(=O)c2cc(C)nn2CC)nc2cc(C(=O)NS(C)(=O)=O)cc(c21)OCCCO3. The predicted octanol–water partition coefficient (Wildman–Crippen LogP) is 3.37. The van der Waals surface area contributed by atoms with Crippen molar-refractivity contribution >= 4 is 67.6 Å². The lowest BCUT2D eigenvalue weighted by atomic mass is 10.1. The lowest BCUT2D eigenvalue weighted by Gasteiger charge is -2.15. The average Bonchev–Trinajstić information content (AvgIpc) is 3.94. The Morgan fingerprint density at radius 2 is 1.15 bits per heavy atom. The number of nitrogens with zero attached hydrogens (tertiary/aromatic N) is 8. The second-order valence-electron chi connectivity index (χ2n) is 14.1. The smallest absolute Gasteiger partial charge is 0.276 e.